The number of hydrogen-bond donors (Lipinski definition) is 1. The molecule has 0 saturated carbocycles. The number of ether oxygens (including phenoxy) is 3. The van der Waals surface area contributed by atoms with Crippen molar-refractivity contribution < 1.29 is 14.2 Å². The summed E-state index contributed by atoms with van der Waals surface area (Å²) < 4.78 is 18.6. The van der Waals surface area contributed by atoms with Crippen LogP contribution in [0.5, 0.6) is 11.5 Å². The smallest absolute Gasteiger partial charge is 0.254 e. The zero-order chi connectivity index (χ0) is 24.6. The number of nitrogens with one attached hydrogen (secondary N) is 1. The van der Waals surface area contributed by atoms with E-state index in [0.717, 1.165) is 43.5 Å². The minimum atomic E-state index is -0.480. The van der Waals surface area contributed by atoms with E-state index in [1.54, 1.807) is 25.0 Å². The molecule has 36 heavy (non-hydrogen) atoms. The number of rotatable bonds is 7. The number of pyridine rings is 1. The number of tetrazole rings is 1. The molecule has 4 heterocycles. The maximum absolute atomic E-state index is 13.6. The maximum atomic E-state index is 13.6. The predicted molar refractivity (Wildman–Crippen MR) is 134 cm³/mol. The van der Waals surface area contributed by atoms with E-state index in [0.29, 0.717) is 34.9 Å². The molecule has 2 aliphatic heterocycles. The topological polar surface area (TPSA) is 107 Å². The molecule has 1 fully saturated rings. The van der Waals surface area contributed by atoms with Gasteiger partial charge in [-0.25, -0.2) is 4.68 Å². The Bertz CT molecular complexity index is 1460. The minimum Gasteiger partial charge on any atom is -0.493 e. The van der Waals surface area contributed by atoms with Gasteiger partial charge in [-0.05, 0) is 53.5 Å². The van der Waals surface area contributed by atoms with E-state index in [2.05, 4.69) is 37.5 Å². The number of fused-ring (bicyclic) bond motifs is 2. The Labute approximate surface area is 207 Å². The van der Waals surface area contributed by atoms with Crippen LogP contribution in [0.15, 0.2) is 47.3 Å². The molecule has 0 amide bonds. The van der Waals surface area contributed by atoms with Crippen LogP contribution < -0.4 is 19.9 Å². The van der Waals surface area contributed by atoms with Gasteiger partial charge in [0.15, 0.2) is 17.3 Å². The lowest BCUT2D eigenvalue weighted by atomic mass is 10.0. The van der Waals surface area contributed by atoms with Crippen molar-refractivity contribution in [2.24, 2.45) is 0 Å². The van der Waals surface area contributed by atoms with Crippen molar-refractivity contribution in [1.29, 1.82) is 0 Å². The molecule has 2 aliphatic rings. The summed E-state index contributed by atoms with van der Waals surface area (Å²) >= 11 is 0. The summed E-state index contributed by atoms with van der Waals surface area (Å²) in [6.07, 6.45) is 2.94. The Morgan fingerprint density at radius 3 is 2.81 bits per heavy atom. The lowest BCUT2D eigenvalue weighted by molar-refractivity contribution is 0.0924. The second kappa shape index (κ2) is 9.27. The Morgan fingerprint density at radius 2 is 2.00 bits per heavy atom. The van der Waals surface area contributed by atoms with Crippen LogP contribution >= 0.6 is 0 Å². The normalized spacial score (nSPS) is 17.9. The fourth-order valence-corrected chi connectivity index (χ4v) is 5.35. The standard InChI is InChI=1S/C26H28N6O4/c1-34-22-13-17-12-19(26(33)27-20(17)14-23(22)35-2)24(31-10-9-16-6-3-4-8-21(16)31)25-28-29-30-32(25)15-18-7-5-11-36-18/h3-4,6,8,12-14,18,24H,5,7,9-11,15H2,1-2H3,(H,27,33). The highest BCUT2D eigenvalue weighted by atomic mass is 16.5. The van der Waals surface area contributed by atoms with Crippen LogP contribution in [0.2, 0.25) is 0 Å². The second-order valence-electron chi connectivity index (χ2n) is 9.18. The summed E-state index contributed by atoms with van der Waals surface area (Å²) in [5, 5.41) is 13.6. The molecule has 4 aromatic rings. The molecular weight excluding hydrogens is 460 g/mol. The van der Waals surface area contributed by atoms with Crippen LogP contribution in [0.1, 0.15) is 35.8 Å². The van der Waals surface area contributed by atoms with Gasteiger partial charge in [-0.15, -0.1) is 5.10 Å². The molecule has 1 N–H and O–H groups in total. The first-order valence-electron chi connectivity index (χ1n) is 12.2. The average molecular weight is 489 g/mol. The van der Waals surface area contributed by atoms with Crippen LogP contribution in [0.4, 0.5) is 5.69 Å². The van der Waals surface area contributed by atoms with Gasteiger partial charge < -0.3 is 24.1 Å². The molecule has 2 unspecified atom stereocenters. The van der Waals surface area contributed by atoms with E-state index in [-0.39, 0.29) is 11.7 Å². The first kappa shape index (κ1) is 22.5. The molecule has 0 radical (unpaired) electrons. The molecule has 2 aromatic carbocycles. The van der Waals surface area contributed by atoms with E-state index in [1.807, 2.05) is 24.3 Å². The Morgan fingerprint density at radius 1 is 1.17 bits per heavy atom. The monoisotopic (exact) mass is 488 g/mol. The molecule has 10 heteroatoms. The Kier molecular flexibility index (Phi) is 5.80. The summed E-state index contributed by atoms with van der Waals surface area (Å²) in [5.41, 5.74) is 3.36. The first-order chi connectivity index (χ1) is 17.7. The average Bonchev–Trinajstić information content (AvgIpc) is 3.67. The number of methoxy groups -OCH3 is 2. The summed E-state index contributed by atoms with van der Waals surface area (Å²) in [4.78, 5) is 18.9. The molecule has 10 nitrogen and oxygen atoms in total. The predicted octanol–water partition coefficient (Wildman–Crippen LogP) is 2.86. The number of hydrogen-bond acceptors (Lipinski definition) is 8. The lowest BCUT2D eigenvalue weighted by Gasteiger charge is -2.29. The lowest BCUT2D eigenvalue weighted by Crippen LogP contribution is -2.35. The number of aromatic amines is 1. The van der Waals surface area contributed by atoms with Gasteiger partial charge in [0.1, 0.15) is 6.04 Å². The molecule has 186 valence electrons. The quantitative estimate of drug-likeness (QED) is 0.423. The summed E-state index contributed by atoms with van der Waals surface area (Å²) in [6.45, 7) is 2.05. The van der Waals surface area contributed by atoms with Crippen molar-refractivity contribution >= 4 is 16.6 Å². The first-order valence-corrected chi connectivity index (χ1v) is 12.2. The number of benzene rings is 2. The molecule has 0 bridgehead atoms. The molecule has 2 atom stereocenters. The van der Waals surface area contributed by atoms with Crippen molar-refractivity contribution in [3.63, 3.8) is 0 Å². The second-order valence-corrected chi connectivity index (χ2v) is 9.18. The number of anilines is 1. The van der Waals surface area contributed by atoms with E-state index in [4.69, 9.17) is 14.2 Å². The van der Waals surface area contributed by atoms with Crippen LogP contribution in [0, 0.1) is 0 Å². The molecule has 2 aromatic heterocycles. The fraction of sp³-hybridized carbons (Fsp3) is 0.385. The van der Waals surface area contributed by atoms with E-state index in [9.17, 15) is 4.79 Å². The highest BCUT2D eigenvalue weighted by Gasteiger charge is 2.35. The van der Waals surface area contributed by atoms with Crippen molar-refractivity contribution in [1.82, 2.24) is 25.2 Å². The molecule has 0 aliphatic carbocycles. The summed E-state index contributed by atoms with van der Waals surface area (Å²) in [6, 6.07) is 13.4. The highest BCUT2D eigenvalue weighted by Crippen LogP contribution is 2.38. The van der Waals surface area contributed by atoms with Gasteiger partial charge in [0.2, 0.25) is 0 Å². The third kappa shape index (κ3) is 3.87. The number of nitrogens with zero attached hydrogens (tertiary/aromatic N) is 5. The van der Waals surface area contributed by atoms with Gasteiger partial charge in [-0.1, -0.05) is 18.2 Å². The zero-order valence-corrected chi connectivity index (χ0v) is 20.3. The SMILES string of the molecule is COc1cc2cc(C(c3nnnn3CC3CCCO3)N3CCc4ccccc43)c(=O)[nH]c2cc1OC. The van der Waals surface area contributed by atoms with Crippen molar-refractivity contribution in [3.8, 4) is 11.5 Å². The van der Waals surface area contributed by atoms with Gasteiger partial charge in [-0.2, -0.15) is 0 Å². The third-order valence-electron chi connectivity index (χ3n) is 7.11. The van der Waals surface area contributed by atoms with Crippen LogP contribution in [0.25, 0.3) is 10.9 Å². The third-order valence-corrected chi connectivity index (χ3v) is 7.11. The van der Waals surface area contributed by atoms with Crippen molar-refractivity contribution in [3.05, 3.63) is 69.8 Å². The minimum absolute atomic E-state index is 0.0605. The largest absolute Gasteiger partial charge is 0.493 e. The van der Waals surface area contributed by atoms with E-state index < -0.39 is 6.04 Å². The maximum Gasteiger partial charge on any atom is 0.254 e. The fourth-order valence-electron chi connectivity index (χ4n) is 5.35. The van der Waals surface area contributed by atoms with Gasteiger partial charge in [0.05, 0.1) is 32.4 Å². The van der Waals surface area contributed by atoms with Crippen LogP contribution in [-0.2, 0) is 17.7 Å². The molecular formula is C26H28N6O4. The van der Waals surface area contributed by atoms with Crippen molar-refractivity contribution in [2.45, 2.75) is 38.0 Å². The molecule has 6 rings (SSSR count). The summed E-state index contributed by atoms with van der Waals surface area (Å²) in [7, 11) is 3.17. The Balaban J connectivity index is 1.51. The number of H-pyrrole nitrogens is 1. The molecule has 1 saturated heterocycles. The number of para-hydroxylation sites is 1. The van der Waals surface area contributed by atoms with Gasteiger partial charge in [0.25, 0.3) is 5.56 Å². The van der Waals surface area contributed by atoms with Crippen LogP contribution in [-0.4, -0.2) is 58.7 Å². The zero-order valence-electron chi connectivity index (χ0n) is 20.3. The van der Waals surface area contributed by atoms with E-state index in [1.165, 1.54) is 5.56 Å². The van der Waals surface area contributed by atoms with Gasteiger partial charge in [0, 0.05) is 35.9 Å². The summed E-state index contributed by atoms with van der Waals surface area (Å²) in [5.74, 6) is 1.76. The Hall–Kier alpha value is -3.92. The number of aromatic nitrogens is 5. The highest BCUT2D eigenvalue weighted by molar-refractivity contribution is 5.83. The van der Waals surface area contributed by atoms with Crippen molar-refractivity contribution in [2.75, 3.05) is 32.3 Å². The van der Waals surface area contributed by atoms with Gasteiger partial charge in [-0.3, -0.25) is 4.79 Å². The van der Waals surface area contributed by atoms with Gasteiger partial charge >= 0.3 is 0 Å². The molecule has 0 spiro atoms. The van der Waals surface area contributed by atoms with E-state index >= 15 is 0 Å². The van der Waals surface area contributed by atoms with Crippen LogP contribution in [0.3, 0.4) is 0 Å².